The summed E-state index contributed by atoms with van der Waals surface area (Å²) in [5.74, 6) is 0.955. The molecule has 1 aliphatic heterocycles. The standard InChI is InChI=1S/C20H32N4S/c1-15(24-11-10-16-6-4-5-7-17(16)14-24)13-22-20(21-2)23-18-8-9-19(12-18)25-3/h4-7,15,18-19H,8-14H2,1-3H3,(H2,21,22,23). The van der Waals surface area contributed by atoms with Gasteiger partial charge in [-0.15, -0.1) is 0 Å². The summed E-state index contributed by atoms with van der Waals surface area (Å²) in [6.45, 7) is 5.45. The summed E-state index contributed by atoms with van der Waals surface area (Å²) >= 11 is 2.00. The number of benzene rings is 1. The minimum atomic E-state index is 0.495. The van der Waals surface area contributed by atoms with E-state index in [2.05, 4.69) is 58.0 Å². The Balaban J connectivity index is 1.46. The van der Waals surface area contributed by atoms with E-state index in [4.69, 9.17) is 0 Å². The molecule has 0 amide bonds. The van der Waals surface area contributed by atoms with E-state index < -0.39 is 0 Å². The number of guanidine groups is 1. The molecule has 25 heavy (non-hydrogen) atoms. The summed E-state index contributed by atoms with van der Waals surface area (Å²) in [4.78, 5) is 7.00. The normalized spacial score (nSPS) is 25.5. The largest absolute Gasteiger partial charge is 0.355 e. The molecule has 1 aliphatic carbocycles. The molecule has 3 rings (SSSR count). The maximum atomic E-state index is 4.42. The summed E-state index contributed by atoms with van der Waals surface area (Å²) in [5.41, 5.74) is 3.00. The van der Waals surface area contributed by atoms with Crippen molar-refractivity contribution in [2.24, 2.45) is 4.99 Å². The minimum Gasteiger partial charge on any atom is -0.355 e. The molecule has 0 spiro atoms. The lowest BCUT2D eigenvalue weighted by Gasteiger charge is -2.34. The minimum absolute atomic E-state index is 0.495. The Hall–Kier alpha value is -1.20. The molecule has 1 heterocycles. The third kappa shape index (κ3) is 4.91. The first kappa shape index (κ1) is 18.6. The highest BCUT2D eigenvalue weighted by molar-refractivity contribution is 7.99. The zero-order valence-corrected chi connectivity index (χ0v) is 16.6. The molecule has 0 saturated heterocycles. The Morgan fingerprint density at radius 3 is 2.84 bits per heavy atom. The van der Waals surface area contributed by atoms with Gasteiger partial charge in [0.2, 0.25) is 0 Å². The fraction of sp³-hybridized carbons (Fsp3) is 0.650. The molecule has 138 valence electrons. The third-order valence-corrected chi connectivity index (χ3v) is 6.73. The molecule has 1 aromatic rings. The first-order valence-corrected chi connectivity index (χ1v) is 10.8. The number of aliphatic imine (C=N–C) groups is 1. The van der Waals surface area contributed by atoms with Crippen molar-refractivity contribution in [3.8, 4) is 0 Å². The predicted octanol–water partition coefficient (Wildman–Crippen LogP) is 2.88. The van der Waals surface area contributed by atoms with Crippen LogP contribution in [0.4, 0.5) is 0 Å². The highest BCUT2D eigenvalue weighted by atomic mass is 32.2. The van der Waals surface area contributed by atoms with Gasteiger partial charge in [0.25, 0.3) is 0 Å². The van der Waals surface area contributed by atoms with Crippen molar-refractivity contribution in [3.63, 3.8) is 0 Å². The number of nitrogens with one attached hydrogen (secondary N) is 2. The molecule has 1 fully saturated rings. The van der Waals surface area contributed by atoms with E-state index in [9.17, 15) is 0 Å². The van der Waals surface area contributed by atoms with Crippen molar-refractivity contribution < 1.29 is 0 Å². The van der Waals surface area contributed by atoms with Gasteiger partial charge in [-0.05, 0) is 50.0 Å². The summed E-state index contributed by atoms with van der Waals surface area (Å²) in [7, 11) is 1.87. The van der Waals surface area contributed by atoms with Crippen LogP contribution in [0.1, 0.15) is 37.3 Å². The number of rotatable bonds is 5. The molecule has 0 bridgehead atoms. The topological polar surface area (TPSA) is 39.7 Å². The van der Waals surface area contributed by atoms with Crippen LogP contribution < -0.4 is 10.6 Å². The number of nitrogens with zero attached hydrogens (tertiary/aromatic N) is 2. The molecule has 5 heteroatoms. The second-order valence-corrected chi connectivity index (χ2v) is 8.44. The summed E-state index contributed by atoms with van der Waals surface area (Å²) < 4.78 is 0. The smallest absolute Gasteiger partial charge is 0.191 e. The van der Waals surface area contributed by atoms with Crippen LogP contribution in [0.25, 0.3) is 0 Å². The average molecular weight is 361 g/mol. The molecule has 4 nitrogen and oxygen atoms in total. The summed E-state index contributed by atoms with van der Waals surface area (Å²) in [6, 6.07) is 9.91. The number of hydrogen-bond donors (Lipinski definition) is 2. The van der Waals surface area contributed by atoms with E-state index in [0.29, 0.717) is 12.1 Å². The average Bonchev–Trinajstić information content (AvgIpc) is 3.12. The van der Waals surface area contributed by atoms with Crippen LogP contribution in [-0.2, 0) is 13.0 Å². The van der Waals surface area contributed by atoms with Crippen molar-refractivity contribution in [3.05, 3.63) is 35.4 Å². The van der Waals surface area contributed by atoms with Gasteiger partial charge in [0.1, 0.15) is 0 Å². The van der Waals surface area contributed by atoms with Crippen LogP contribution in [0.2, 0.25) is 0 Å². The number of hydrogen-bond acceptors (Lipinski definition) is 3. The molecule has 2 N–H and O–H groups in total. The highest BCUT2D eigenvalue weighted by Gasteiger charge is 2.25. The fourth-order valence-electron chi connectivity index (χ4n) is 3.94. The zero-order valence-electron chi connectivity index (χ0n) is 15.8. The van der Waals surface area contributed by atoms with Crippen molar-refractivity contribution in [1.82, 2.24) is 15.5 Å². The zero-order chi connectivity index (χ0) is 17.6. The molecule has 0 radical (unpaired) electrons. The lowest BCUT2D eigenvalue weighted by molar-refractivity contribution is 0.191. The first-order valence-electron chi connectivity index (χ1n) is 9.50. The lowest BCUT2D eigenvalue weighted by atomic mass is 9.99. The van der Waals surface area contributed by atoms with Crippen molar-refractivity contribution >= 4 is 17.7 Å². The van der Waals surface area contributed by atoms with Gasteiger partial charge in [0, 0.05) is 44.0 Å². The van der Waals surface area contributed by atoms with E-state index in [1.807, 2.05) is 18.8 Å². The second-order valence-electron chi connectivity index (χ2n) is 7.30. The van der Waals surface area contributed by atoms with E-state index in [1.54, 1.807) is 0 Å². The van der Waals surface area contributed by atoms with Gasteiger partial charge >= 0.3 is 0 Å². The Labute approximate surface area is 156 Å². The van der Waals surface area contributed by atoms with Crippen LogP contribution in [0, 0.1) is 0 Å². The van der Waals surface area contributed by atoms with Gasteiger partial charge in [0.15, 0.2) is 5.96 Å². The Bertz CT molecular complexity index is 589. The maximum Gasteiger partial charge on any atom is 0.191 e. The molecule has 3 unspecified atom stereocenters. The van der Waals surface area contributed by atoms with Gasteiger partial charge in [-0.25, -0.2) is 0 Å². The SMILES string of the molecule is CN=C(NCC(C)N1CCc2ccccc2C1)NC1CCC(SC)C1. The van der Waals surface area contributed by atoms with E-state index in [1.165, 1.54) is 30.4 Å². The van der Waals surface area contributed by atoms with Crippen LogP contribution in [-0.4, -0.2) is 54.6 Å². The monoisotopic (exact) mass is 360 g/mol. The summed E-state index contributed by atoms with van der Waals surface area (Å²) in [5, 5.41) is 7.96. The molecule has 0 aromatic heterocycles. The van der Waals surface area contributed by atoms with Crippen LogP contribution >= 0.6 is 11.8 Å². The molecule has 1 aromatic carbocycles. The molecular formula is C20H32N4S. The van der Waals surface area contributed by atoms with Crippen LogP contribution in [0.3, 0.4) is 0 Å². The second kappa shape index (κ2) is 8.95. The summed E-state index contributed by atoms with van der Waals surface area (Å²) in [6.07, 6.45) is 7.20. The molecular weight excluding hydrogens is 328 g/mol. The van der Waals surface area contributed by atoms with E-state index in [-0.39, 0.29) is 0 Å². The van der Waals surface area contributed by atoms with E-state index in [0.717, 1.165) is 37.3 Å². The maximum absolute atomic E-state index is 4.42. The molecule has 3 atom stereocenters. The van der Waals surface area contributed by atoms with E-state index >= 15 is 0 Å². The third-order valence-electron chi connectivity index (χ3n) is 5.63. The van der Waals surface area contributed by atoms with Crippen LogP contribution in [0.5, 0.6) is 0 Å². The van der Waals surface area contributed by atoms with Gasteiger partial charge in [-0.3, -0.25) is 9.89 Å². The lowest BCUT2D eigenvalue weighted by Crippen LogP contribution is -2.49. The van der Waals surface area contributed by atoms with Crippen LogP contribution in [0.15, 0.2) is 29.3 Å². The van der Waals surface area contributed by atoms with Crippen molar-refractivity contribution in [2.75, 3.05) is 26.4 Å². The first-order chi connectivity index (χ1) is 12.2. The number of fused-ring (bicyclic) bond motifs is 1. The number of thioether (sulfide) groups is 1. The highest BCUT2D eigenvalue weighted by Crippen LogP contribution is 2.28. The Morgan fingerprint density at radius 2 is 2.12 bits per heavy atom. The van der Waals surface area contributed by atoms with Gasteiger partial charge in [0.05, 0.1) is 0 Å². The molecule has 1 saturated carbocycles. The van der Waals surface area contributed by atoms with Gasteiger partial charge in [-0.1, -0.05) is 24.3 Å². The molecule has 2 aliphatic rings. The van der Waals surface area contributed by atoms with Gasteiger partial charge in [-0.2, -0.15) is 11.8 Å². The Morgan fingerprint density at radius 1 is 1.32 bits per heavy atom. The van der Waals surface area contributed by atoms with Gasteiger partial charge < -0.3 is 10.6 Å². The fourth-order valence-corrected chi connectivity index (χ4v) is 4.74. The Kier molecular flexibility index (Phi) is 6.65. The quantitative estimate of drug-likeness (QED) is 0.626. The predicted molar refractivity (Wildman–Crippen MR) is 109 cm³/mol. The van der Waals surface area contributed by atoms with Crippen molar-refractivity contribution in [1.29, 1.82) is 0 Å². The van der Waals surface area contributed by atoms with Crippen molar-refractivity contribution in [2.45, 2.75) is 56.5 Å².